The van der Waals surface area contributed by atoms with Crippen LogP contribution in [-0.2, 0) is 10.3 Å². The highest BCUT2D eigenvalue weighted by molar-refractivity contribution is 5.40. The van der Waals surface area contributed by atoms with Gasteiger partial charge in [-0.3, -0.25) is 0 Å². The maximum atomic E-state index is 6.60. The average Bonchev–Trinajstić information content (AvgIpc) is 2.38. The van der Waals surface area contributed by atoms with E-state index in [0.717, 1.165) is 30.6 Å². The molecule has 100 valence electrons. The summed E-state index contributed by atoms with van der Waals surface area (Å²) < 4.78 is 11.1. The summed E-state index contributed by atoms with van der Waals surface area (Å²) in [4.78, 5) is 0. The molecule has 3 nitrogen and oxygen atoms in total. The molecule has 2 rings (SSSR count). The van der Waals surface area contributed by atoms with E-state index in [0.29, 0.717) is 6.61 Å². The van der Waals surface area contributed by atoms with E-state index in [4.69, 9.17) is 15.2 Å². The van der Waals surface area contributed by atoms with E-state index in [9.17, 15) is 0 Å². The van der Waals surface area contributed by atoms with Crippen molar-refractivity contribution in [2.75, 3.05) is 13.7 Å². The Labute approximate surface area is 109 Å². The van der Waals surface area contributed by atoms with Crippen LogP contribution in [0.15, 0.2) is 24.3 Å². The smallest absolute Gasteiger partial charge is 0.124 e. The molecule has 0 saturated carbocycles. The molecule has 1 aromatic carbocycles. The van der Waals surface area contributed by atoms with Crippen LogP contribution in [0.4, 0.5) is 0 Å². The van der Waals surface area contributed by atoms with Crippen LogP contribution in [0.1, 0.15) is 38.7 Å². The van der Waals surface area contributed by atoms with Gasteiger partial charge in [-0.05, 0) is 32.8 Å². The fraction of sp³-hybridized carbons (Fsp3) is 0.600. The zero-order chi connectivity index (χ0) is 13.2. The number of ether oxygens (including phenoxy) is 2. The van der Waals surface area contributed by atoms with Gasteiger partial charge >= 0.3 is 0 Å². The molecule has 1 aliphatic rings. The van der Waals surface area contributed by atoms with Crippen LogP contribution in [0, 0.1) is 0 Å². The van der Waals surface area contributed by atoms with Crippen molar-refractivity contribution in [2.24, 2.45) is 5.73 Å². The molecule has 0 bridgehead atoms. The van der Waals surface area contributed by atoms with Gasteiger partial charge in [-0.1, -0.05) is 18.2 Å². The van der Waals surface area contributed by atoms with Crippen molar-refractivity contribution < 1.29 is 9.47 Å². The number of benzene rings is 1. The summed E-state index contributed by atoms with van der Waals surface area (Å²) in [7, 11) is 1.75. The first-order chi connectivity index (χ1) is 8.47. The Kier molecular flexibility index (Phi) is 3.64. The lowest BCUT2D eigenvalue weighted by Gasteiger charge is -2.37. The molecule has 2 N–H and O–H groups in total. The molecule has 1 atom stereocenters. The Hall–Kier alpha value is -1.06. The molecular weight excluding hydrogens is 226 g/mol. The highest BCUT2D eigenvalue weighted by atomic mass is 16.5. The number of nitrogens with two attached hydrogens (primary N) is 1. The monoisotopic (exact) mass is 249 g/mol. The fourth-order valence-corrected chi connectivity index (χ4v) is 2.37. The van der Waals surface area contributed by atoms with Gasteiger partial charge in [-0.2, -0.15) is 0 Å². The van der Waals surface area contributed by atoms with Crippen LogP contribution < -0.4 is 10.5 Å². The molecule has 0 saturated heterocycles. The van der Waals surface area contributed by atoms with Crippen molar-refractivity contribution in [3.8, 4) is 5.75 Å². The van der Waals surface area contributed by atoms with E-state index in [-0.39, 0.29) is 11.1 Å². The minimum Gasteiger partial charge on any atom is -0.493 e. The fourth-order valence-electron chi connectivity index (χ4n) is 2.37. The molecule has 3 heteroatoms. The zero-order valence-electron chi connectivity index (χ0n) is 11.5. The molecule has 0 aliphatic carbocycles. The lowest BCUT2D eigenvalue weighted by molar-refractivity contribution is 0.00666. The maximum Gasteiger partial charge on any atom is 0.124 e. The van der Waals surface area contributed by atoms with E-state index in [1.165, 1.54) is 0 Å². The Morgan fingerprint density at radius 1 is 1.39 bits per heavy atom. The Morgan fingerprint density at radius 3 is 2.83 bits per heavy atom. The second kappa shape index (κ2) is 4.90. The van der Waals surface area contributed by atoms with Crippen molar-refractivity contribution in [3.63, 3.8) is 0 Å². The molecule has 18 heavy (non-hydrogen) atoms. The quantitative estimate of drug-likeness (QED) is 0.892. The van der Waals surface area contributed by atoms with Gasteiger partial charge in [0.05, 0.1) is 12.2 Å². The molecule has 1 aromatic rings. The summed E-state index contributed by atoms with van der Waals surface area (Å²) in [5.74, 6) is 0.932. The SMILES string of the molecule is COC(C)(C)CCC1(N)CCOc2ccccc21. The normalized spacial score (nSPS) is 23.3. The largest absolute Gasteiger partial charge is 0.493 e. The minimum absolute atomic E-state index is 0.125. The summed E-state index contributed by atoms with van der Waals surface area (Å²) >= 11 is 0. The summed E-state index contributed by atoms with van der Waals surface area (Å²) in [5.41, 5.74) is 7.31. The summed E-state index contributed by atoms with van der Waals surface area (Å²) in [6.07, 6.45) is 2.71. The van der Waals surface area contributed by atoms with E-state index >= 15 is 0 Å². The third-order valence-electron chi connectivity index (χ3n) is 3.95. The first kappa shape index (κ1) is 13.4. The maximum absolute atomic E-state index is 6.60. The van der Waals surface area contributed by atoms with E-state index in [1.54, 1.807) is 7.11 Å². The topological polar surface area (TPSA) is 44.5 Å². The van der Waals surface area contributed by atoms with Crippen LogP contribution in [0.3, 0.4) is 0 Å². The number of rotatable bonds is 4. The standard InChI is InChI=1S/C15H23NO2/c1-14(2,17-3)8-9-15(16)10-11-18-13-7-5-4-6-12(13)15/h4-7H,8-11,16H2,1-3H3. The van der Waals surface area contributed by atoms with Crippen molar-refractivity contribution in [1.82, 2.24) is 0 Å². The molecule has 0 radical (unpaired) electrons. The minimum atomic E-state index is -0.287. The molecule has 1 unspecified atom stereocenters. The van der Waals surface area contributed by atoms with Gasteiger partial charge in [-0.15, -0.1) is 0 Å². The number of fused-ring (bicyclic) bond motifs is 1. The van der Waals surface area contributed by atoms with Gasteiger partial charge in [0.25, 0.3) is 0 Å². The van der Waals surface area contributed by atoms with Crippen LogP contribution in [0.25, 0.3) is 0 Å². The van der Waals surface area contributed by atoms with Crippen LogP contribution in [0.2, 0.25) is 0 Å². The lowest BCUT2D eigenvalue weighted by atomic mass is 9.79. The summed E-state index contributed by atoms with van der Waals surface area (Å²) in [5, 5.41) is 0. The molecule has 1 aliphatic heterocycles. The molecule has 1 heterocycles. The Morgan fingerprint density at radius 2 is 2.11 bits per heavy atom. The molecule has 0 fully saturated rings. The van der Waals surface area contributed by atoms with E-state index < -0.39 is 0 Å². The first-order valence-electron chi connectivity index (χ1n) is 6.53. The van der Waals surface area contributed by atoms with Gasteiger partial charge in [0.1, 0.15) is 5.75 Å². The number of hydrogen-bond donors (Lipinski definition) is 1. The number of para-hydroxylation sites is 1. The van der Waals surface area contributed by atoms with Crippen LogP contribution >= 0.6 is 0 Å². The van der Waals surface area contributed by atoms with Crippen molar-refractivity contribution in [2.45, 2.75) is 44.2 Å². The van der Waals surface area contributed by atoms with E-state index in [1.807, 2.05) is 18.2 Å². The highest BCUT2D eigenvalue weighted by Gasteiger charge is 2.35. The first-order valence-corrected chi connectivity index (χ1v) is 6.53. The Bertz CT molecular complexity index is 417. The third-order valence-corrected chi connectivity index (χ3v) is 3.95. The third kappa shape index (κ3) is 2.68. The van der Waals surface area contributed by atoms with Gasteiger partial charge in [0.15, 0.2) is 0 Å². The zero-order valence-corrected chi connectivity index (χ0v) is 11.5. The van der Waals surface area contributed by atoms with E-state index in [2.05, 4.69) is 19.9 Å². The second-order valence-corrected chi connectivity index (χ2v) is 5.71. The van der Waals surface area contributed by atoms with Crippen LogP contribution in [0.5, 0.6) is 5.75 Å². The average molecular weight is 249 g/mol. The Balaban J connectivity index is 2.17. The van der Waals surface area contributed by atoms with Crippen molar-refractivity contribution in [1.29, 1.82) is 0 Å². The highest BCUT2D eigenvalue weighted by Crippen LogP contribution is 2.39. The summed E-state index contributed by atoms with van der Waals surface area (Å²) in [6.45, 7) is 4.89. The number of hydrogen-bond acceptors (Lipinski definition) is 3. The number of methoxy groups -OCH3 is 1. The van der Waals surface area contributed by atoms with Gasteiger partial charge in [0.2, 0.25) is 0 Å². The van der Waals surface area contributed by atoms with Gasteiger partial charge in [0, 0.05) is 24.6 Å². The predicted octanol–water partition coefficient (Wildman–Crippen LogP) is 2.83. The lowest BCUT2D eigenvalue weighted by Crippen LogP contribution is -2.43. The molecule has 0 spiro atoms. The molecular formula is C15H23NO2. The van der Waals surface area contributed by atoms with Gasteiger partial charge in [-0.25, -0.2) is 0 Å². The van der Waals surface area contributed by atoms with Crippen molar-refractivity contribution >= 4 is 0 Å². The molecule has 0 aromatic heterocycles. The van der Waals surface area contributed by atoms with Gasteiger partial charge < -0.3 is 15.2 Å². The second-order valence-electron chi connectivity index (χ2n) is 5.71. The molecule has 0 amide bonds. The van der Waals surface area contributed by atoms with Crippen LogP contribution in [-0.4, -0.2) is 19.3 Å². The van der Waals surface area contributed by atoms with Crippen molar-refractivity contribution in [3.05, 3.63) is 29.8 Å². The summed E-state index contributed by atoms with van der Waals surface area (Å²) in [6, 6.07) is 8.09. The predicted molar refractivity (Wildman–Crippen MR) is 72.7 cm³/mol.